The highest BCUT2D eigenvalue weighted by Gasteiger charge is 2.19. The molecule has 1 atom stereocenters. The maximum Gasteiger partial charge on any atom is 0.241 e. The molecule has 0 saturated heterocycles. The summed E-state index contributed by atoms with van der Waals surface area (Å²) in [7, 11) is -1.36. The van der Waals surface area contributed by atoms with Crippen molar-refractivity contribution in [1.29, 1.82) is 0 Å². The molecule has 3 N–H and O–H groups in total. The highest BCUT2D eigenvalue weighted by atomic mass is 35.5. The molecular weight excluding hydrogens is 314 g/mol. The van der Waals surface area contributed by atoms with Gasteiger partial charge in [0.2, 0.25) is 5.91 Å². The molecule has 0 aliphatic carbocycles. The minimum Gasteiger partial charge on any atom is -0.397 e. The van der Waals surface area contributed by atoms with Gasteiger partial charge in [-0.05, 0) is 32.2 Å². The summed E-state index contributed by atoms with van der Waals surface area (Å²) in [5.41, 5.74) is 6.63. The molecule has 118 valence electrons. The van der Waals surface area contributed by atoms with E-state index < -0.39 is 15.9 Å². The predicted molar refractivity (Wildman–Crippen MR) is 86.3 cm³/mol. The van der Waals surface area contributed by atoms with Crippen molar-refractivity contribution < 1.29 is 13.2 Å². The fourth-order valence-electron chi connectivity index (χ4n) is 1.59. The summed E-state index contributed by atoms with van der Waals surface area (Å²) < 4.78 is 22.3. The SMILES string of the molecule is CC(C(=O)Nc1ccc(Cl)cc1N)N(C)CCS(C)(=O)=O. The van der Waals surface area contributed by atoms with Crippen LogP contribution in [0.1, 0.15) is 6.92 Å². The molecule has 0 saturated carbocycles. The van der Waals surface area contributed by atoms with E-state index in [0.717, 1.165) is 0 Å². The zero-order chi connectivity index (χ0) is 16.2. The molecule has 0 bridgehead atoms. The van der Waals surface area contributed by atoms with Crippen LogP contribution in [0.3, 0.4) is 0 Å². The van der Waals surface area contributed by atoms with Gasteiger partial charge in [-0.1, -0.05) is 11.6 Å². The molecule has 0 spiro atoms. The van der Waals surface area contributed by atoms with Gasteiger partial charge in [-0.3, -0.25) is 9.69 Å². The first-order chi connectivity index (χ1) is 9.60. The zero-order valence-electron chi connectivity index (χ0n) is 12.3. The summed E-state index contributed by atoms with van der Waals surface area (Å²) in [5.74, 6) is -0.260. The van der Waals surface area contributed by atoms with Crippen LogP contribution in [-0.2, 0) is 14.6 Å². The third-order valence-electron chi connectivity index (χ3n) is 3.13. The molecule has 21 heavy (non-hydrogen) atoms. The summed E-state index contributed by atoms with van der Waals surface area (Å²) in [6, 6.07) is 4.32. The summed E-state index contributed by atoms with van der Waals surface area (Å²) >= 11 is 5.79. The molecule has 1 rings (SSSR count). The number of sulfone groups is 1. The van der Waals surface area contributed by atoms with E-state index >= 15 is 0 Å². The van der Waals surface area contributed by atoms with Gasteiger partial charge in [-0.15, -0.1) is 0 Å². The number of rotatable bonds is 6. The lowest BCUT2D eigenvalue weighted by molar-refractivity contribution is -0.120. The van der Waals surface area contributed by atoms with Crippen LogP contribution in [0.5, 0.6) is 0 Å². The number of carbonyl (C=O) groups excluding carboxylic acids is 1. The molecule has 6 nitrogen and oxygen atoms in total. The van der Waals surface area contributed by atoms with E-state index in [4.69, 9.17) is 17.3 Å². The number of amides is 1. The van der Waals surface area contributed by atoms with Gasteiger partial charge in [0.05, 0.1) is 23.2 Å². The monoisotopic (exact) mass is 333 g/mol. The highest BCUT2D eigenvalue weighted by molar-refractivity contribution is 7.90. The number of likely N-dealkylation sites (N-methyl/N-ethyl adjacent to an activating group) is 1. The van der Waals surface area contributed by atoms with Crippen molar-refractivity contribution >= 4 is 38.7 Å². The zero-order valence-corrected chi connectivity index (χ0v) is 13.8. The summed E-state index contributed by atoms with van der Waals surface area (Å²) in [4.78, 5) is 13.8. The fraction of sp³-hybridized carbons (Fsp3) is 0.462. The van der Waals surface area contributed by atoms with Gasteiger partial charge in [-0.2, -0.15) is 0 Å². The minimum absolute atomic E-state index is 0.00417. The van der Waals surface area contributed by atoms with E-state index in [0.29, 0.717) is 16.4 Å². The highest BCUT2D eigenvalue weighted by Crippen LogP contribution is 2.22. The number of nitrogens with two attached hydrogens (primary N) is 1. The van der Waals surface area contributed by atoms with Crippen molar-refractivity contribution in [3.63, 3.8) is 0 Å². The summed E-state index contributed by atoms with van der Waals surface area (Å²) in [6.45, 7) is 1.98. The lowest BCUT2D eigenvalue weighted by atomic mass is 10.2. The van der Waals surface area contributed by atoms with Crippen LogP contribution >= 0.6 is 11.6 Å². The standard InChI is InChI=1S/C13H20ClN3O3S/c1-9(17(2)6-7-21(3,19)20)13(18)16-12-5-4-10(14)8-11(12)15/h4-5,8-9H,6-7,15H2,1-3H3,(H,16,18). The van der Waals surface area contributed by atoms with Crippen LogP contribution in [0.2, 0.25) is 5.02 Å². The maximum absolute atomic E-state index is 12.1. The molecule has 0 aliphatic heterocycles. The Labute approximate surface area is 130 Å². The second kappa shape index (κ2) is 7.11. The van der Waals surface area contributed by atoms with Crippen molar-refractivity contribution in [1.82, 2.24) is 4.90 Å². The fourth-order valence-corrected chi connectivity index (χ4v) is 2.39. The number of hydrogen-bond acceptors (Lipinski definition) is 5. The van der Waals surface area contributed by atoms with Crippen LogP contribution in [0.15, 0.2) is 18.2 Å². The van der Waals surface area contributed by atoms with E-state index in [2.05, 4.69) is 5.32 Å². The van der Waals surface area contributed by atoms with Crippen LogP contribution in [-0.4, -0.2) is 50.9 Å². The first-order valence-corrected chi connectivity index (χ1v) is 8.78. The number of nitrogens with zero attached hydrogens (tertiary/aromatic N) is 1. The smallest absolute Gasteiger partial charge is 0.241 e. The Bertz CT molecular complexity index is 619. The average Bonchev–Trinajstić information content (AvgIpc) is 2.37. The largest absolute Gasteiger partial charge is 0.397 e. The summed E-state index contributed by atoms with van der Waals surface area (Å²) in [5, 5.41) is 3.19. The molecule has 1 amide bonds. The Morgan fingerprint density at radius 1 is 1.48 bits per heavy atom. The van der Waals surface area contributed by atoms with Crippen molar-refractivity contribution in [2.75, 3.05) is 36.7 Å². The third-order valence-corrected chi connectivity index (χ3v) is 4.29. The van der Waals surface area contributed by atoms with Crippen LogP contribution < -0.4 is 11.1 Å². The van der Waals surface area contributed by atoms with E-state index in [1.54, 1.807) is 37.1 Å². The van der Waals surface area contributed by atoms with Gasteiger partial charge >= 0.3 is 0 Å². The first-order valence-electron chi connectivity index (χ1n) is 6.34. The maximum atomic E-state index is 12.1. The lowest BCUT2D eigenvalue weighted by Gasteiger charge is -2.23. The number of halogens is 1. The van der Waals surface area contributed by atoms with Crippen molar-refractivity contribution in [3.8, 4) is 0 Å². The Hall–Kier alpha value is -1.31. The lowest BCUT2D eigenvalue weighted by Crippen LogP contribution is -2.41. The van der Waals surface area contributed by atoms with Crippen LogP contribution in [0.4, 0.5) is 11.4 Å². The number of benzene rings is 1. The number of nitrogens with one attached hydrogen (secondary N) is 1. The minimum atomic E-state index is -3.06. The molecule has 1 aromatic carbocycles. The molecule has 8 heteroatoms. The molecular formula is C13H20ClN3O3S. The number of hydrogen-bond donors (Lipinski definition) is 2. The molecule has 0 aliphatic rings. The Kier molecular flexibility index (Phi) is 6.00. The quantitative estimate of drug-likeness (QED) is 0.764. The third kappa shape index (κ3) is 5.91. The Morgan fingerprint density at radius 3 is 2.62 bits per heavy atom. The first kappa shape index (κ1) is 17.7. The Balaban J connectivity index is 2.65. The molecule has 0 radical (unpaired) electrons. The molecule has 0 aromatic heterocycles. The normalized spacial score (nSPS) is 13.2. The van der Waals surface area contributed by atoms with Gasteiger partial charge in [-0.25, -0.2) is 8.42 Å². The summed E-state index contributed by atoms with van der Waals surface area (Å²) in [6.07, 6.45) is 1.17. The number of anilines is 2. The molecule has 0 heterocycles. The van der Waals surface area contributed by atoms with Crippen molar-refractivity contribution in [3.05, 3.63) is 23.2 Å². The second-order valence-corrected chi connectivity index (χ2v) is 7.70. The number of nitrogen functional groups attached to an aromatic ring is 1. The van der Waals surface area contributed by atoms with Gasteiger partial charge in [0.15, 0.2) is 0 Å². The topological polar surface area (TPSA) is 92.5 Å². The van der Waals surface area contributed by atoms with Gasteiger partial charge in [0.25, 0.3) is 0 Å². The van der Waals surface area contributed by atoms with E-state index in [9.17, 15) is 13.2 Å². The van der Waals surface area contributed by atoms with Crippen molar-refractivity contribution in [2.24, 2.45) is 0 Å². The van der Waals surface area contributed by atoms with Crippen molar-refractivity contribution in [2.45, 2.75) is 13.0 Å². The van der Waals surface area contributed by atoms with Gasteiger partial charge < -0.3 is 11.1 Å². The van der Waals surface area contributed by atoms with E-state index in [1.165, 1.54) is 6.26 Å². The van der Waals surface area contributed by atoms with E-state index in [1.807, 2.05) is 0 Å². The molecule has 1 aromatic rings. The number of carbonyl (C=O) groups is 1. The van der Waals surface area contributed by atoms with Crippen LogP contribution in [0, 0.1) is 0 Å². The average molecular weight is 334 g/mol. The van der Waals surface area contributed by atoms with Gasteiger partial charge in [0.1, 0.15) is 9.84 Å². The Morgan fingerprint density at radius 2 is 2.10 bits per heavy atom. The molecule has 0 fully saturated rings. The second-order valence-electron chi connectivity index (χ2n) is 5.01. The van der Waals surface area contributed by atoms with Crippen LogP contribution in [0.25, 0.3) is 0 Å². The predicted octanol–water partition coefficient (Wildman–Crippen LogP) is 1.23. The molecule has 1 unspecified atom stereocenters. The van der Waals surface area contributed by atoms with E-state index in [-0.39, 0.29) is 18.2 Å². The van der Waals surface area contributed by atoms with Gasteiger partial charge in [0, 0.05) is 17.8 Å².